The van der Waals surface area contributed by atoms with E-state index in [-0.39, 0.29) is 0 Å². The van der Waals surface area contributed by atoms with Gasteiger partial charge in [-0.2, -0.15) is 0 Å². The Morgan fingerprint density at radius 3 is 2.45 bits per heavy atom. The summed E-state index contributed by atoms with van der Waals surface area (Å²) in [4.78, 5) is 2.21. The number of methoxy groups -OCH3 is 1. The maximum Gasteiger partial charge on any atom is 0.119 e. The van der Waals surface area contributed by atoms with Crippen molar-refractivity contribution in [2.45, 2.75) is 19.9 Å². The zero-order valence-electron chi connectivity index (χ0n) is 12.8. The number of hydrogen-bond acceptors (Lipinski definition) is 2. The number of hydrogen-bond donors (Lipinski definition) is 0. The monoisotopic (exact) mass is 269 g/mol. The number of ether oxygens (including phenoxy) is 1. The molecule has 0 aliphatic carbocycles. The van der Waals surface area contributed by atoms with Crippen molar-refractivity contribution in [3.63, 3.8) is 0 Å². The largest absolute Gasteiger partial charge is 0.497 e. The van der Waals surface area contributed by atoms with Crippen LogP contribution in [0.4, 0.5) is 0 Å². The van der Waals surface area contributed by atoms with E-state index in [1.54, 1.807) is 7.11 Å². The van der Waals surface area contributed by atoms with Crippen LogP contribution < -0.4 is 4.74 Å². The zero-order chi connectivity index (χ0) is 14.5. The summed E-state index contributed by atoms with van der Waals surface area (Å²) in [7, 11) is 5.92. The van der Waals surface area contributed by atoms with Gasteiger partial charge < -0.3 is 9.64 Å². The van der Waals surface area contributed by atoms with Crippen LogP contribution in [0, 0.1) is 6.92 Å². The average Bonchev–Trinajstić information content (AvgIpc) is 2.42. The molecule has 0 unspecified atom stereocenters. The number of rotatable bonds is 5. The first-order chi connectivity index (χ1) is 9.58. The molecule has 2 aromatic rings. The van der Waals surface area contributed by atoms with Crippen molar-refractivity contribution in [2.75, 3.05) is 21.2 Å². The molecule has 0 aliphatic heterocycles. The van der Waals surface area contributed by atoms with Crippen molar-refractivity contribution in [1.82, 2.24) is 4.90 Å². The summed E-state index contributed by atoms with van der Waals surface area (Å²) in [5.41, 5.74) is 5.38. The van der Waals surface area contributed by atoms with Crippen LogP contribution in [0.15, 0.2) is 42.5 Å². The molecule has 0 saturated heterocycles. The first kappa shape index (κ1) is 14.6. The normalized spacial score (nSPS) is 10.8. The average molecular weight is 269 g/mol. The van der Waals surface area contributed by atoms with Gasteiger partial charge in [-0.3, -0.25) is 0 Å². The zero-order valence-corrected chi connectivity index (χ0v) is 12.8. The summed E-state index contributed by atoms with van der Waals surface area (Å²) in [5, 5.41) is 0. The van der Waals surface area contributed by atoms with Gasteiger partial charge in [-0.15, -0.1) is 0 Å². The molecule has 0 spiro atoms. The van der Waals surface area contributed by atoms with Gasteiger partial charge >= 0.3 is 0 Å². The van der Waals surface area contributed by atoms with E-state index in [9.17, 15) is 0 Å². The van der Waals surface area contributed by atoms with E-state index in [4.69, 9.17) is 4.74 Å². The van der Waals surface area contributed by atoms with E-state index in [2.05, 4.69) is 56.3 Å². The molecular weight excluding hydrogens is 246 g/mol. The van der Waals surface area contributed by atoms with Crippen molar-refractivity contribution < 1.29 is 4.74 Å². The summed E-state index contributed by atoms with van der Waals surface area (Å²) < 4.78 is 5.28. The standard InChI is InChI=1S/C18H23NO/c1-14-8-9-16(11-17(14)13-19(2)3)10-15-6-5-7-18(12-15)20-4/h5-9,11-12H,10,13H2,1-4H3. The second kappa shape index (κ2) is 6.58. The Hall–Kier alpha value is -1.80. The van der Waals surface area contributed by atoms with Crippen molar-refractivity contribution in [1.29, 1.82) is 0 Å². The third kappa shape index (κ3) is 3.84. The number of aryl methyl sites for hydroxylation is 1. The summed E-state index contributed by atoms with van der Waals surface area (Å²) >= 11 is 0. The van der Waals surface area contributed by atoms with E-state index in [0.717, 1.165) is 18.7 Å². The van der Waals surface area contributed by atoms with Crippen molar-refractivity contribution in [3.05, 3.63) is 64.7 Å². The Morgan fingerprint density at radius 2 is 1.75 bits per heavy atom. The molecule has 2 nitrogen and oxygen atoms in total. The Morgan fingerprint density at radius 1 is 1.00 bits per heavy atom. The van der Waals surface area contributed by atoms with Crippen LogP contribution in [-0.2, 0) is 13.0 Å². The van der Waals surface area contributed by atoms with Gasteiger partial charge in [-0.1, -0.05) is 30.3 Å². The smallest absolute Gasteiger partial charge is 0.119 e. The third-order valence-electron chi connectivity index (χ3n) is 3.44. The number of nitrogens with zero attached hydrogens (tertiary/aromatic N) is 1. The van der Waals surface area contributed by atoms with Gasteiger partial charge in [0, 0.05) is 6.54 Å². The van der Waals surface area contributed by atoms with Crippen LogP contribution >= 0.6 is 0 Å². The van der Waals surface area contributed by atoms with E-state index >= 15 is 0 Å². The van der Waals surface area contributed by atoms with Gasteiger partial charge in [0.1, 0.15) is 5.75 Å². The molecular formula is C18H23NO. The highest BCUT2D eigenvalue weighted by atomic mass is 16.5. The molecule has 0 heterocycles. The van der Waals surface area contributed by atoms with E-state index < -0.39 is 0 Å². The molecule has 0 saturated carbocycles. The third-order valence-corrected chi connectivity index (χ3v) is 3.44. The second-order valence-corrected chi connectivity index (χ2v) is 5.53. The highest BCUT2D eigenvalue weighted by molar-refractivity contribution is 5.36. The molecule has 2 rings (SSSR count). The lowest BCUT2D eigenvalue weighted by Crippen LogP contribution is -2.12. The predicted molar refractivity (Wildman–Crippen MR) is 84.4 cm³/mol. The fourth-order valence-electron chi connectivity index (χ4n) is 2.36. The Bertz CT molecular complexity index is 575. The van der Waals surface area contributed by atoms with Gasteiger partial charge in [0.25, 0.3) is 0 Å². The minimum absolute atomic E-state index is 0.920. The maximum atomic E-state index is 5.28. The highest BCUT2D eigenvalue weighted by Gasteiger charge is 2.04. The summed E-state index contributed by atoms with van der Waals surface area (Å²) in [6.07, 6.45) is 0.942. The van der Waals surface area contributed by atoms with Gasteiger partial charge in [0.05, 0.1) is 7.11 Å². The Kier molecular flexibility index (Phi) is 4.80. The summed E-state index contributed by atoms with van der Waals surface area (Å²) in [6.45, 7) is 3.16. The van der Waals surface area contributed by atoms with Crippen LogP contribution in [-0.4, -0.2) is 26.1 Å². The van der Waals surface area contributed by atoms with Crippen LogP contribution in [0.1, 0.15) is 22.3 Å². The maximum absolute atomic E-state index is 5.28. The van der Waals surface area contributed by atoms with Crippen molar-refractivity contribution in [2.24, 2.45) is 0 Å². The molecule has 106 valence electrons. The molecule has 20 heavy (non-hydrogen) atoms. The molecule has 2 aromatic carbocycles. The molecule has 0 fully saturated rings. The van der Waals surface area contributed by atoms with Crippen LogP contribution in [0.25, 0.3) is 0 Å². The molecule has 0 N–H and O–H groups in total. The minimum atomic E-state index is 0.920. The van der Waals surface area contributed by atoms with Crippen molar-refractivity contribution in [3.8, 4) is 5.75 Å². The fraction of sp³-hybridized carbons (Fsp3) is 0.333. The lowest BCUT2D eigenvalue weighted by atomic mass is 9.99. The molecule has 0 atom stereocenters. The van der Waals surface area contributed by atoms with Crippen molar-refractivity contribution >= 4 is 0 Å². The second-order valence-electron chi connectivity index (χ2n) is 5.53. The molecule has 0 aromatic heterocycles. The van der Waals surface area contributed by atoms with Gasteiger partial charge in [0.15, 0.2) is 0 Å². The predicted octanol–water partition coefficient (Wildman–Crippen LogP) is 3.66. The Labute approximate surface area is 122 Å². The van der Waals surface area contributed by atoms with E-state index in [1.165, 1.54) is 22.3 Å². The lowest BCUT2D eigenvalue weighted by molar-refractivity contribution is 0.401. The quantitative estimate of drug-likeness (QED) is 0.821. The molecule has 0 radical (unpaired) electrons. The van der Waals surface area contributed by atoms with Crippen LogP contribution in [0.2, 0.25) is 0 Å². The first-order valence-corrected chi connectivity index (χ1v) is 6.94. The first-order valence-electron chi connectivity index (χ1n) is 6.94. The number of benzene rings is 2. The lowest BCUT2D eigenvalue weighted by Gasteiger charge is -2.14. The van der Waals surface area contributed by atoms with Crippen LogP contribution in [0.3, 0.4) is 0 Å². The highest BCUT2D eigenvalue weighted by Crippen LogP contribution is 2.19. The fourth-order valence-corrected chi connectivity index (χ4v) is 2.36. The molecule has 0 amide bonds. The molecule has 0 bridgehead atoms. The summed E-state index contributed by atoms with van der Waals surface area (Å²) in [5.74, 6) is 0.920. The van der Waals surface area contributed by atoms with E-state index in [0.29, 0.717) is 0 Å². The van der Waals surface area contributed by atoms with Crippen LogP contribution in [0.5, 0.6) is 5.75 Å². The SMILES string of the molecule is COc1cccc(Cc2ccc(C)c(CN(C)C)c2)c1. The summed E-state index contributed by atoms with van der Waals surface area (Å²) in [6, 6.07) is 15.0. The van der Waals surface area contributed by atoms with Gasteiger partial charge in [-0.25, -0.2) is 0 Å². The Balaban J connectivity index is 2.20. The molecule has 2 heteroatoms. The van der Waals surface area contributed by atoms with Gasteiger partial charge in [-0.05, 0) is 61.8 Å². The molecule has 0 aliphatic rings. The topological polar surface area (TPSA) is 12.5 Å². The van der Waals surface area contributed by atoms with E-state index in [1.807, 2.05) is 12.1 Å². The van der Waals surface area contributed by atoms with Gasteiger partial charge in [0.2, 0.25) is 0 Å². The minimum Gasteiger partial charge on any atom is -0.497 e.